The number of rotatable bonds is 20. The van der Waals surface area contributed by atoms with Crippen LogP contribution < -0.4 is 19.7 Å². The summed E-state index contributed by atoms with van der Waals surface area (Å²) in [7, 11) is -5.52. The number of ether oxygens (including phenoxy) is 4. The van der Waals surface area contributed by atoms with Gasteiger partial charge in [-0.1, -0.05) is 39.3 Å². The summed E-state index contributed by atoms with van der Waals surface area (Å²) >= 11 is 1.32. The van der Waals surface area contributed by atoms with Gasteiger partial charge in [0, 0.05) is 40.4 Å². The molecule has 370 valence electrons. The van der Waals surface area contributed by atoms with Crippen LogP contribution in [0.4, 0.5) is 19.7 Å². The number of aryl methyl sites for hydroxylation is 1. The van der Waals surface area contributed by atoms with Crippen molar-refractivity contribution in [1.29, 1.82) is 0 Å². The molecular weight excluding hydrogens is 951 g/mol. The number of fused-ring (bicyclic) bond motifs is 2. The number of phosphoric acid groups is 1. The summed E-state index contributed by atoms with van der Waals surface area (Å²) in [6.07, 6.45) is -0.528. The number of nitrogens with one attached hydrogen (secondary N) is 1. The number of amides is 3. The van der Waals surface area contributed by atoms with Crippen LogP contribution in [0.3, 0.4) is 0 Å². The lowest BCUT2D eigenvalue weighted by atomic mass is 10.1. The van der Waals surface area contributed by atoms with Crippen molar-refractivity contribution in [3.63, 3.8) is 0 Å². The molecule has 3 amide bonds. The Morgan fingerprint density at radius 1 is 0.882 bits per heavy atom. The highest BCUT2D eigenvalue weighted by molar-refractivity contribution is 7.48. The molecule has 68 heavy (non-hydrogen) atoms. The number of pyridine rings is 1. The molecule has 0 aliphatic rings. The van der Waals surface area contributed by atoms with Gasteiger partial charge in [-0.2, -0.15) is 4.90 Å². The van der Waals surface area contributed by atoms with E-state index in [1.165, 1.54) is 55.8 Å². The number of hydrogen-bond acceptors (Lipinski definition) is 16. The number of anilines is 1. The van der Waals surface area contributed by atoms with Crippen molar-refractivity contribution in [3.8, 4) is 22.2 Å². The zero-order valence-electron chi connectivity index (χ0n) is 41.4. The van der Waals surface area contributed by atoms with E-state index in [4.69, 9.17) is 32.5 Å². The summed E-state index contributed by atoms with van der Waals surface area (Å²) in [6, 6.07) is 10.8. The Labute approximate surface area is 403 Å². The zero-order valence-corrected chi connectivity index (χ0v) is 45.1. The molecule has 0 radical (unpaired) electrons. The Balaban J connectivity index is 1.24. The van der Waals surface area contributed by atoms with Crippen molar-refractivity contribution in [2.75, 3.05) is 38.4 Å². The second kappa shape index (κ2) is 21.8. The topological polar surface area (TPSA) is 200 Å². The molecule has 0 unspecified atom stereocenters. The first-order valence-electron chi connectivity index (χ1n) is 22.2. The predicted octanol–water partition coefficient (Wildman–Crippen LogP) is 11.4. The number of benzene rings is 2. The highest BCUT2D eigenvalue weighted by Crippen LogP contribution is 2.53. The molecule has 0 aliphatic heterocycles. The summed E-state index contributed by atoms with van der Waals surface area (Å²) in [4.78, 5) is 59.1. The number of carbonyl (C=O) groups excluding carboxylic acids is 3. The minimum atomic E-state index is -4.01. The molecule has 3 heterocycles. The number of methoxy groups -OCH3 is 1. The second-order valence-corrected chi connectivity index (χ2v) is 34.2. The van der Waals surface area contributed by atoms with Crippen molar-refractivity contribution >= 4 is 80.3 Å². The lowest BCUT2D eigenvalue weighted by molar-refractivity contribution is 0.0341. The summed E-state index contributed by atoms with van der Waals surface area (Å²) in [5, 5.41) is 3.35. The predicted molar refractivity (Wildman–Crippen MR) is 267 cm³/mol. The number of phosphoric ester groups is 1. The third kappa shape index (κ3) is 15.8. The van der Waals surface area contributed by atoms with E-state index in [0.29, 0.717) is 37.0 Å². The first-order valence-corrected chi connectivity index (χ1v) is 31.8. The van der Waals surface area contributed by atoms with E-state index in [2.05, 4.69) is 64.5 Å². The average Bonchev–Trinajstić information content (AvgIpc) is 3.62. The molecule has 0 bridgehead atoms. The maximum Gasteiger partial charge on any atom is 0.475 e. The van der Waals surface area contributed by atoms with Gasteiger partial charge in [-0.15, -0.1) is 11.3 Å². The number of thiazole rings is 1. The van der Waals surface area contributed by atoms with Crippen LogP contribution in [0.1, 0.15) is 57.6 Å². The lowest BCUT2D eigenvalue weighted by Gasteiger charge is -2.30. The molecule has 3 aromatic heterocycles. The molecule has 5 rings (SSSR count). The number of nitrogens with zero attached hydrogens (tertiary/aromatic N) is 5. The van der Waals surface area contributed by atoms with Gasteiger partial charge in [-0.05, 0) is 90.4 Å². The van der Waals surface area contributed by atoms with Crippen LogP contribution in [0.15, 0.2) is 48.8 Å². The third-order valence-corrected chi connectivity index (χ3v) is 15.8. The minimum Gasteiger partial charge on any atom is -0.487 e. The van der Waals surface area contributed by atoms with Gasteiger partial charge in [0.05, 0.1) is 65.3 Å². The van der Waals surface area contributed by atoms with Gasteiger partial charge in [-0.25, -0.2) is 38.5 Å². The van der Waals surface area contributed by atoms with Gasteiger partial charge < -0.3 is 24.3 Å². The van der Waals surface area contributed by atoms with Crippen molar-refractivity contribution in [1.82, 2.24) is 25.3 Å². The standard InChI is InChI=1S/C46H64FN6O11PSSi2/c1-29-21-32(40-36(22-29)51-39(58-8)26-49-40)42-52-35-23-33(47)37(24-38(35)66-42)59-27-30(2)62-43(55)53(44(56)63-45(3,4)5)31-15-16-34(48-25-31)41(54)50-28-46(6,7)64-65(57,60-17-19-67(9,10)11)61-18-20-68(12,13)14/h15-16,21-26,30H,17-20,27-28H2,1-14H3,(H,50,54)/t30-/m1/s1. The fraction of sp³-hybridized carbons (Fsp3) is 0.500. The summed E-state index contributed by atoms with van der Waals surface area (Å²) in [5.41, 5.74) is 1.00. The van der Waals surface area contributed by atoms with Crippen molar-refractivity contribution in [2.45, 2.75) is 117 Å². The van der Waals surface area contributed by atoms with Gasteiger partial charge >= 0.3 is 20.0 Å². The third-order valence-electron chi connectivity index (χ3n) is 9.66. The van der Waals surface area contributed by atoms with E-state index in [0.717, 1.165) is 29.4 Å². The Kier molecular flexibility index (Phi) is 17.3. The zero-order chi connectivity index (χ0) is 50.4. The summed E-state index contributed by atoms with van der Waals surface area (Å²) in [5.74, 6) is -1.02. The SMILES string of the molecule is COc1cnc2c(-c3nc4cc(F)c(OC[C@@H](C)OC(=O)N(C(=O)OC(C)(C)C)c5ccc(C(=O)NCC(C)(C)OP(=O)(OCC[Si](C)(C)C)OCC[Si](C)(C)C)nc5)cc4s3)cc(C)cc2n1. The Morgan fingerprint density at radius 2 is 1.54 bits per heavy atom. The molecule has 0 fully saturated rings. The monoisotopic (exact) mass is 1010 g/mol. The van der Waals surface area contributed by atoms with Crippen molar-refractivity contribution < 1.29 is 55.9 Å². The maximum atomic E-state index is 15.4. The van der Waals surface area contributed by atoms with Crippen LogP contribution in [-0.2, 0) is 27.6 Å². The fourth-order valence-electron chi connectivity index (χ4n) is 6.11. The normalized spacial score (nSPS) is 13.0. The quantitative estimate of drug-likeness (QED) is 0.0570. The largest absolute Gasteiger partial charge is 0.487 e. The number of hydrogen-bond donors (Lipinski definition) is 1. The van der Waals surface area contributed by atoms with E-state index in [-0.39, 0.29) is 43.5 Å². The lowest BCUT2D eigenvalue weighted by Crippen LogP contribution is -2.43. The highest BCUT2D eigenvalue weighted by atomic mass is 32.1. The van der Waals surface area contributed by atoms with Gasteiger partial charge in [0.15, 0.2) is 11.6 Å². The number of imide groups is 1. The molecule has 1 N–H and O–H groups in total. The van der Waals surface area contributed by atoms with Gasteiger partial charge in [0.2, 0.25) is 5.88 Å². The Morgan fingerprint density at radius 3 is 2.13 bits per heavy atom. The van der Waals surface area contributed by atoms with Gasteiger partial charge in [0.25, 0.3) is 5.91 Å². The van der Waals surface area contributed by atoms with E-state index >= 15 is 4.39 Å². The van der Waals surface area contributed by atoms with E-state index < -0.39 is 65.2 Å². The number of aromatic nitrogens is 4. The van der Waals surface area contributed by atoms with Gasteiger partial charge in [0.1, 0.15) is 29.0 Å². The molecule has 2 aromatic carbocycles. The molecule has 1 atom stereocenters. The van der Waals surface area contributed by atoms with E-state index in [9.17, 15) is 18.9 Å². The molecule has 0 saturated carbocycles. The number of halogens is 1. The van der Waals surface area contributed by atoms with Crippen LogP contribution in [0, 0.1) is 12.7 Å². The molecule has 17 nitrogen and oxygen atoms in total. The van der Waals surface area contributed by atoms with Crippen LogP contribution in [0.2, 0.25) is 51.4 Å². The first kappa shape index (κ1) is 54.1. The Hall–Kier alpha value is -4.90. The average molecular weight is 1020 g/mol. The molecular formula is C46H64FN6O11PSSi2. The molecule has 0 spiro atoms. The molecule has 0 aliphatic carbocycles. The van der Waals surface area contributed by atoms with E-state index in [1.807, 2.05) is 19.1 Å². The van der Waals surface area contributed by atoms with Gasteiger partial charge in [-0.3, -0.25) is 18.4 Å². The Bertz CT molecular complexity index is 2630. The van der Waals surface area contributed by atoms with E-state index in [1.54, 1.807) is 34.6 Å². The molecule has 5 aromatic rings. The van der Waals surface area contributed by atoms with Crippen LogP contribution in [0.5, 0.6) is 11.6 Å². The van der Waals surface area contributed by atoms with Crippen LogP contribution in [0.25, 0.3) is 31.8 Å². The molecule has 0 saturated heterocycles. The summed E-state index contributed by atoms with van der Waals surface area (Å²) < 4.78 is 69.6. The van der Waals surface area contributed by atoms with Crippen molar-refractivity contribution in [3.05, 3.63) is 65.9 Å². The molecule has 22 heteroatoms. The first-order chi connectivity index (χ1) is 31.5. The summed E-state index contributed by atoms with van der Waals surface area (Å²) in [6.45, 7) is 24.8. The maximum absolute atomic E-state index is 15.4. The minimum absolute atomic E-state index is 0.0570. The fourth-order valence-corrected chi connectivity index (χ4v) is 10.4. The number of carbonyl (C=O) groups is 3. The smallest absolute Gasteiger partial charge is 0.475 e. The second-order valence-electron chi connectivity index (χ2n) is 20.4. The van der Waals surface area contributed by atoms with Crippen LogP contribution >= 0.6 is 19.2 Å². The van der Waals surface area contributed by atoms with Crippen molar-refractivity contribution in [2.24, 2.45) is 0 Å². The highest BCUT2D eigenvalue weighted by Gasteiger charge is 2.37. The van der Waals surface area contributed by atoms with Crippen LogP contribution in [-0.4, -0.2) is 105 Å².